The van der Waals surface area contributed by atoms with E-state index in [-0.39, 0.29) is 18.3 Å². The van der Waals surface area contributed by atoms with Crippen molar-refractivity contribution in [3.8, 4) is 0 Å². The Balaban J connectivity index is 0.00000256. The molecule has 0 radical (unpaired) electrons. The average molecular weight is 431 g/mol. The number of nitrogens with one attached hydrogen (secondary N) is 2. The van der Waals surface area contributed by atoms with E-state index in [1.54, 1.807) is 0 Å². The van der Waals surface area contributed by atoms with Crippen LogP contribution in [0.5, 0.6) is 0 Å². The molecule has 3 aromatic rings. The highest BCUT2D eigenvalue weighted by molar-refractivity contribution is 5.92. The van der Waals surface area contributed by atoms with Crippen molar-refractivity contribution in [1.82, 2.24) is 30.1 Å². The Hall–Kier alpha value is -2.22. The minimum atomic E-state index is 0. The number of carbonyl (C=O) groups is 1. The average Bonchev–Trinajstić information content (AvgIpc) is 3.11. The predicted molar refractivity (Wildman–Crippen MR) is 122 cm³/mol. The summed E-state index contributed by atoms with van der Waals surface area (Å²) in [6.45, 7) is 10.2. The first-order valence-electron chi connectivity index (χ1n) is 10.6. The molecule has 1 fully saturated rings. The first-order valence-corrected chi connectivity index (χ1v) is 10.6. The van der Waals surface area contributed by atoms with E-state index in [0.717, 1.165) is 79.2 Å². The molecule has 1 amide bonds. The van der Waals surface area contributed by atoms with Gasteiger partial charge in [-0.3, -0.25) is 4.79 Å². The quantitative estimate of drug-likeness (QED) is 0.562. The van der Waals surface area contributed by atoms with Gasteiger partial charge in [0.1, 0.15) is 0 Å². The summed E-state index contributed by atoms with van der Waals surface area (Å²) in [5.74, 6) is 0.106. The van der Waals surface area contributed by atoms with Crippen LogP contribution < -0.4 is 10.6 Å². The number of rotatable bonds is 7. The number of aryl methyl sites for hydroxylation is 2. The zero-order chi connectivity index (χ0) is 20.2. The maximum absolute atomic E-state index is 12.3. The van der Waals surface area contributed by atoms with Crippen LogP contribution in [0.2, 0.25) is 0 Å². The van der Waals surface area contributed by atoms with Crippen molar-refractivity contribution in [3.63, 3.8) is 0 Å². The van der Waals surface area contributed by atoms with E-state index < -0.39 is 0 Å². The lowest BCUT2D eigenvalue weighted by atomic mass is 10.1. The van der Waals surface area contributed by atoms with Gasteiger partial charge in [0.2, 0.25) is 5.91 Å². The first kappa shape index (κ1) is 22.5. The molecule has 1 aromatic carbocycles. The van der Waals surface area contributed by atoms with E-state index >= 15 is 0 Å². The van der Waals surface area contributed by atoms with Crippen molar-refractivity contribution in [3.05, 3.63) is 41.2 Å². The molecule has 2 aromatic heterocycles. The molecular weight excluding hydrogens is 400 g/mol. The van der Waals surface area contributed by atoms with Gasteiger partial charge in [-0.2, -0.15) is 5.10 Å². The van der Waals surface area contributed by atoms with E-state index in [1.165, 1.54) is 0 Å². The smallest absolute Gasteiger partial charge is 0.220 e. The standard InChI is InChI=1S/C22H30N6O.ClH/c1-16-18(8-9-21(29)24-10-5-13-27-14-11-23-12-15-27)17(2)28-22(25-16)19-6-3-4-7-20(19)26-28;/h3-4,6-7,23H,5,8-15H2,1-2H3,(H,24,29);1H. The molecule has 0 unspecified atom stereocenters. The van der Waals surface area contributed by atoms with Gasteiger partial charge in [-0.25, -0.2) is 9.50 Å². The molecule has 1 aliphatic heterocycles. The topological polar surface area (TPSA) is 74.6 Å². The summed E-state index contributed by atoms with van der Waals surface area (Å²) < 4.78 is 1.92. The maximum Gasteiger partial charge on any atom is 0.220 e. The molecule has 0 aliphatic carbocycles. The van der Waals surface area contributed by atoms with Crippen molar-refractivity contribution in [2.75, 3.05) is 39.3 Å². The second-order valence-corrected chi connectivity index (χ2v) is 7.81. The number of halogens is 1. The number of aromatic nitrogens is 3. The fraction of sp³-hybridized carbons (Fsp3) is 0.500. The van der Waals surface area contributed by atoms with Crippen molar-refractivity contribution < 1.29 is 4.79 Å². The van der Waals surface area contributed by atoms with Crippen molar-refractivity contribution >= 4 is 34.9 Å². The van der Waals surface area contributed by atoms with Crippen LogP contribution in [-0.2, 0) is 11.2 Å². The highest BCUT2D eigenvalue weighted by atomic mass is 35.5. The van der Waals surface area contributed by atoms with Crippen LogP contribution in [0.1, 0.15) is 29.8 Å². The third kappa shape index (κ3) is 4.91. The largest absolute Gasteiger partial charge is 0.356 e. The molecule has 3 heterocycles. The number of amides is 1. The van der Waals surface area contributed by atoms with Gasteiger partial charge in [-0.1, -0.05) is 12.1 Å². The van der Waals surface area contributed by atoms with Gasteiger partial charge in [0, 0.05) is 55.9 Å². The lowest BCUT2D eigenvalue weighted by Crippen LogP contribution is -2.44. The number of piperazine rings is 1. The number of hydrogen-bond acceptors (Lipinski definition) is 5. The SMILES string of the molecule is Cc1nc2c3ccccc3nn2c(C)c1CCC(=O)NCCCN1CCNCC1.Cl. The van der Waals surface area contributed by atoms with Gasteiger partial charge in [0.05, 0.1) is 5.52 Å². The van der Waals surface area contributed by atoms with E-state index in [9.17, 15) is 4.79 Å². The van der Waals surface area contributed by atoms with Gasteiger partial charge in [-0.05, 0) is 50.9 Å². The van der Waals surface area contributed by atoms with Crippen LogP contribution in [0.15, 0.2) is 24.3 Å². The summed E-state index contributed by atoms with van der Waals surface area (Å²) in [6, 6.07) is 8.06. The normalized spacial score (nSPS) is 14.7. The third-order valence-electron chi connectivity index (χ3n) is 5.80. The second kappa shape index (κ2) is 10.2. The van der Waals surface area contributed by atoms with Gasteiger partial charge in [0.15, 0.2) is 5.65 Å². The highest BCUT2D eigenvalue weighted by Gasteiger charge is 2.15. The van der Waals surface area contributed by atoms with Crippen molar-refractivity contribution in [2.24, 2.45) is 0 Å². The Labute approximate surface area is 183 Å². The summed E-state index contributed by atoms with van der Waals surface area (Å²) in [7, 11) is 0. The zero-order valence-corrected chi connectivity index (χ0v) is 18.6. The Bertz CT molecular complexity index is 1010. The Morgan fingerprint density at radius 3 is 2.77 bits per heavy atom. The molecule has 0 atom stereocenters. The summed E-state index contributed by atoms with van der Waals surface area (Å²) in [6.07, 6.45) is 2.15. The Morgan fingerprint density at radius 1 is 1.20 bits per heavy atom. The molecule has 7 nitrogen and oxygen atoms in total. The summed E-state index contributed by atoms with van der Waals surface area (Å²) in [5.41, 5.74) is 4.99. The van der Waals surface area contributed by atoms with Gasteiger partial charge in [-0.15, -0.1) is 12.4 Å². The molecule has 0 bridgehead atoms. The molecule has 2 N–H and O–H groups in total. The van der Waals surface area contributed by atoms with Crippen LogP contribution in [0.25, 0.3) is 16.6 Å². The molecule has 0 spiro atoms. The number of carbonyl (C=O) groups excluding carboxylic acids is 1. The van der Waals surface area contributed by atoms with Gasteiger partial charge in [0.25, 0.3) is 0 Å². The lowest BCUT2D eigenvalue weighted by molar-refractivity contribution is -0.121. The molecule has 30 heavy (non-hydrogen) atoms. The number of hydrogen-bond donors (Lipinski definition) is 2. The van der Waals surface area contributed by atoms with E-state index in [4.69, 9.17) is 10.1 Å². The van der Waals surface area contributed by atoms with Gasteiger partial charge >= 0.3 is 0 Å². The summed E-state index contributed by atoms with van der Waals surface area (Å²) in [4.78, 5) is 19.6. The Kier molecular flexibility index (Phi) is 7.64. The number of benzene rings is 1. The van der Waals surface area contributed by atoms with Crippen molar-refractivity contribution in [2.45, 2.75) is 33.1 Å². The first-order chi connectivity index (χ1) is 14.1. The second-order valence-electron chi connectivity index (χ2n) is 7.81. The lowest BCUT2D eigenvalue weighted by Gasteiger charge is -2.27. The van der Waals surface area contributed by atoms with Crippen LogP contribution in [0.4, 0.5) is 0 Å². The molecule has 162 valence electrons. The minimum absolute atomic E-state index is 0. The predicted octanol–water partition coefficient (Wildman–Crippen LogP) is 2.27. The minimum Gasteiger partial charge on any atom is -0.356 e. The van der Waals surface area contributed by atoms with E-state index in [1.807, 2.05) is 29.6 Å². The Morgan fingerprint density at radius 2 is 1.97 bits per heavy atom. The molecule has 8 heteroatoms. The zero-order valence-electron chi connectivity index (χ0n) is 17.8. The monoisotopic (exact) mass is 430 g/mol. The third-order valence-corrected chi connectivity index (χ3v) is 5.80. The van der Waals surface area contributed by atoms with Crippen LogP contribution in [-0.4, -0.2) is 64.7 Å². The van der Waals surface area contributed by atoms with E-state index in [0.29, 0.717) is 12.8 Å². The molecule has 4 rings (SSSR count). The number of nitrogens with zero attached hydrogens (tertiary/aromatic N) is 4. The fourth-order valence-corrected chi connectivity index (χ4v) is 4.13. The van der Waals surface area contributed by atoms with Gasteiger partial charge < -0.3 is 15.5 Å². The van der Waals surface area contributed by atoms with E-state index in [2.05, 4.69) is 28.5 Å². The maximum atomic E-state index is 12.3. The fourth-order valence-electron chi connectivity index (χ4n) is 4.13. The molecule has 1 saturated heterocycles. The summed E-state index contributed by atoms with van der Waals surface area (Å²) in [5, 5.41) is 12.2. The summed E-state index contributed by atoms with van der Waals surface area (Å²) >= 11 is 0. The number of fused-ring (bicyclic) bond motifs is 3. The van der Waals surface area contributed by atoms with Crippen LogP contribution in [0, 0.1) is 13.8 Å². The molecular formula is C22H31ClN6O. The molecule has 1 aliphatic rings. The van der Waals surface area contributed by atoms with Crippen LogP contribution >= 0.6 is 12.4 Å². The van der Waals surface area contributed by atoms with Crippen LogP contribution in [0.3, 0.4) is 0 Å². The molecule has 0 saturated carbocycles. The van der Waals surface area contributed by atoms with Crippen molar-refractivity contribution in [1.29, 1.82) is 0 Å². The highest BCUT2D eigenvalue weighted by Crippen LogP contribution is 2.22.